The monoisotopic (exact) mass is 390 g/mol. The van der Waals surface area contributed by atoms with E-state index in [0.717, 1.165) is 26.2 Å². The van der Waals surface area contributed by atoms with E-state index in [1.807, 2.05) is 17.0 Å². The number of anilines is 1. The van der Waals surface area contributed by atoms with E-state index in [2.05, 4.69) is 4.90 Å². The molecule has 1 aliphatic heterocycles. The van der Waals surface area contributed by atoms with Gasteiger partial charge in [-0.3, -0.25) is 4.90 Å². The Morgan fingerprint density at radius 2 is 1.61 bits per heavy atom. The van der Waals surface area contributed by atoms with Gasteiger partial charge in [0.15, 0.2) is 11.5 Å². The molecule has 28 heavy (non-hydrogen) atoms. The van der Waals surface area contributed by atoms with Gasteiger partial charge in [-0.15, -0.1) is 0 Å². The van der Waals surface area contributed by atoms with Crippen LogP contribution in [0.25, 0.3) is 0 Å². The lowest BCUT2D eigenvalue weighted by molar-refractivity contribution is 0.0642. The number of piperazine rings is 1. The van der Waals surface area contributed by atoms with Crippen molar-refractivity contribution in [1.29, 1.82) is 0 Å². The van der Waals surface area contributed by atoms with E-state index in [-0.39, 0.29) is 12.4 Å². The molecule has 3 rings (SSSR count). The lowest BCUT2D eigenvalue weighted by Gasteiger charge is -2.37. The van der Waals surface area contributed by atoms with Gasteiger partial charge in [-0.25, -0.2) is 4.39 Å². The van der Waals surface area contributed by atoms with Gasteiger partial charge >= 0.3 is 0 Å². The first-order valence-corrected chi connectivity index (χ1v) is 9.36. The van der Waals surface area contributed by atoms with Gasteiger partial charge < -0.3 is 24.2 Å². The molecule has 2 aromatic carbocycles. The summed E-state index contributed by atoms with van der Waals surface area (Å²) >= 11 is 0. The van der Waals surface area contributed by atoms with E-state index >= 15 is 0 Å². The number of ether oxygens (including phenoxy) is 3. The van der Waals surface area contributed by atoms with Gasteiger partial charge in [0.1, 0.15) is 18.5 Å². The van der Waals surface area contributed by atoms with Crippen LogP contribution >= 0.6 is 0 Å². The van der Waals surface area contributed by atoms with Gasteiger partial charge in [0.25, 0.3) is 0 Å². The molecule has 1 saturated heterocycles. The van der Waals surface area contributed by atoms with Crippen LogP contribution in [0, 0.1) is 5.82 Å². The molecule has 0 aliphatic carbocycles. The van der Waals surface area contributed by atoms with Crippen LogP contribution in [0.2, 0.25) is 0 Å². The van der Waals surface area contributed by atoms with Crippen LogP contribution in [-0.2, 0) is 0 Å². The quantitative estimate of drug-likeness (QED) is 0.747. The molecule has 0 spiro atoms. The molecular weight excluding hydrogens is 363 g/mol. The molecule has 1 N–H and O–H groups in total. The van der Waals surface area contributed by atoms with E-state index in [4.69, 9.17) is 14.2 Å². The summed E-state index contributed by atoms with van der Waals surface area (Å²) in [6, 6.07) is 12.2. The number of hydrogen-bond acceptors (Lipinski definition) is 6. The topological polar surface area (TPSA) is 54.4 Å². The number of hydrogen-bond donors (Lipinski definition) is 1. The molecule has 0 amide bonds. The maximum absolute atomic E-state index is 13.9. The van der Waals surface area contributed by atoms with Crippen LogP contribution in [0.3, 0.4) is 0 Å². The Kier molecular flexibility index (Phi) is 6.95. The molecular formula is C21H27FN2O4. The van der Waals surface area contributed by atoms with Crippen LogP contribution in [-0.4, -0.2) is 69.7 Å². The third kappa shape index (κ3) is 4.85. The molecule has 0 aromatic heterocycles. The van der Waals surface area contributed by atoms with E-state index in [1.165, 1.54) is 6.07 Å². The van der Waals surface area contributed by atoms with E-state index in [0.29, 0.717) is 29.5 Å². The third-order valence-corrected chi connectivity index (χ3v) is 4.84. The standard InChI is InChI=1S/C21H27FN2O4/c1-26-19-8-5-9-20(27-2)21(19)28-15-16(25)14-23-10-12-24(13-11-23)18-7-4-3-6-17(18)22/h3-9,16,25H,10-15H2,1-2H3/t16-/m0/s1. The minimum Gasteiger partial charge on any atom is -0.493 e. The maximum Gasteiger partial charge on any atom is 0.203 e. The maximum atomic E-state index is 13.9. The number of benzene rings is 2. The second-order valence-corrected chi connectivity index (χ2v) is 6.70. The summed E-state index contributed by atoms with van der Waals surface area (Å²) in [7, 11) is 3.13. The Hall–Kier alpha value is -2.51. The van der Waals surface area contributed by atoms with Crippen molar-refractivity contribution in [2.24, 2.45) is 0 Å². The van der Waals surface area contributed by atoms with Crippen molar-refractivity contribution < 1.29 is 23.7 Å². The van der Waals surface area contributed by atoms with Crippen molar-refractivity contribution in [3.8, 4) is 17.2 Å². The average Bonchev–Trinajstić information content (AvgIpc) is 2.73. The van der Waals surface area contributed by atoms with E-state index < -0.39 is 6.10 Å². The smallest absolute Gasteiger partial charge is 0.203 e. The number of methoxy groups -OCH3 is 2. The molecule has 1 aliphatic rings. The van der Waals surface area contributed by atoms with Crippen LogP contribution in [0.1, 0.15) is 0 Å². The summed E-state index contributed by atoms with van der Waals surface area (Å²) < 4.78 is 30.3. The lowest BCUT2D eigenvalue weighted by atomic mass is 10.2. The Labute approximate surface area is 165 Å². The molecule has 152 valence electrons. The van der Waals surface area contributed by atoms with Crippen LogP contribution in [0.15, 0.2) is 42.5 Å². The molecule has 0 bridgehead atoms. The van der Waals surface area contributed by atoms with Crippen molar-refractivity contribution in [2.45, 2.75) is 6.10 Å². The average molecular weight is 390 g/mol. The predicted octanol–water partition coefficient (Wildman–Crippen LogP) is 2.40. The molecule has 0 radical (unpaired) electrons. The molecule has 1 fully saturated rings. The second-order valence-electron chi connectivity index (χ2n) is 6.70. The fraction of sp³-hybridized carbons (Fsp3) is 0.429. The SMILES string of the molecule is COc1cccc(OC)c1OC[C@@H](O)CN1CCN(c2ccccc2F)CC1. The van der Waals surface area contributed by atoms with E-state index in [9.17, 15) is 9.50 Å². The fourth-order valence-corrected chi connectivity index (χ4v) is 3.37. The van der Waals surface area contributed by atoms with Crippen molar-refractivity contribution in [3.05, 3.63) is 48.3 Å². The molecule has 0 saturated carbocycles. The summed E-state index contributed by atoms with van der Waals surface area (Å²) in [5, 5.41) is 10.4. The highest BCUT2D eigenvalue weighted by molar-refractivity contribution is 5.51. The molecule has 1 atom stereocenters. The zero-order valence-corrected chi connectivity index (χ0v) is 16.3. The van der Waals surface area contributed by atoms with Gasteiger partial charge in [0.05, 0.1) is 19.9 Å². The molecule has 2 aromatic rings. The van der Waals surface area contributed by atoms with Crippen LogP contribution < -0.4 is 19.1 Å². The summed E-state index contributed by atoms with van der Waals surface area (Å²) in [6.07, 6.45) is -0.658. The van der Waals surface area contributed by atoms with Gasteiger partial charge in [-0.1, -0.05) is 18.2 Å². The number of aliphatic hydroxyl groups is 1. The number of aliphatic hydroxyl groups excluding tert-OH is 1. The Morgan fingerprint density at radius 1 is 0.964 bits per heavy atom. The third-order valence-electron chi connectivity index (χ3n) is 4.84. The first-order chi connectivity index (χ1) is 13.6. The highest BCUT2D eigenvalue weighted by atomic mass is 19.1. The van der Waals surface area contributed by atoms with Gasteiger partial charge in [-0.2, -0.15) is 0 Å². The minimum absolute atomic E-state index is 0.129. The first kappa shape index (κ1) is 20.2. The fourth-order valence-electron chi connectivity index (χ4n) is 3.37. The van der Waals surface area contributed by atoms with Crippen LogP contribution in [0.4, 0.5) is 10.1 Å². The number of para-hydroxylation sites is 2. The Balaban J connectivity index is 1.49. The zero-order chi connectivity index (χ0) is 19.9. The second kappa shape index (κ2) is 9.61. The van der Waals surface area contributed by atoms with Crippen molar-refractivity contribution >= 4 is 5.69 Å². The van der Waals surface area contributed by atoms with Crippen molar-refractivity contribution in [3.63, 3.8) is 0 Å². The molecule has 7 heteroatoms. The van der Waals surface area contributed by atoms with Gasteiger partial charge in [0, 0.05) is 32.7 Å². The minimum atomic E-state index is -0.658. The zero-order valence-electron chi connectivity index (χ0n) is 16.3. The molecule has 6 nitrogen and oxygen atoms in total. The summed E-state index contributed by atoms with van der Waals surface area (Å²) in [5.41, 5.74) is 0.634. The number of halogens is 1. The Bertz CT molecular complexity index is 744. The first-order valence-electron chi connectivity index (χ1n) is 9.36. The normalized spacial score (nSPS) is 15.9. The molecule has 0 unspecified atom stereocenters. The molecule has 1 heterocycles. The summed E-state index contributed by atoms with van der Waals surface area (Å²) in [6.45, 7) is 3.56. The lowest BCUT2D eigenvalue weighted by Crippen LogP contribution is -2.49. The summed E-state index contributed by atoms with van der Waals surface area (Å²) in [4.78, 5) is 4.19. The number of β-amino-alcohol motifs (C(OH)–C–C–N with tert-alkyl or cyclic N) is 1. The number of rotatable bonds is 8. The summed E-state index contributed by atoms with van der Waals surface area (Å²) in [5.74, 6) is 1.40. The highest BCUT2D eigenvalue weighted by Gasteiger charge is 2.22. The van der Waals surface area contributed by atoms with Gasteiger partial charge in [0.2, 0.25) is 5.75 Å². The number of nitrogens with zero attached hydrogens (tertiary/aromatic N) is 2. The Morgan fingerprint density at radius 3 is 2.21 bits per heavy atom. The largest absolute Gasteiger partial charge is 0.493 e. The van der Waals surface area contributed by atoms with Crippen molar-refractivity contribution in [1.82, 2.24) is 4.90 Å². The van der Waals surface area contributed by atoms with E-state index in [1.54, 1.807) is 38.5 Å². The van der Waals surface area contributed by atoms with Crippen molar-refractivity contribution in [2.75, 3.05) is 58.5 Å². The highest BCUT2D eigenvalue weighted by Crippen LogP contribution is 2.36. The van der Waals surface area contributed by atoms with Gasteiger partial charge in [-0.05, 0) is 24.3 Å². The van der Waals surface area contributed by atoms with Crippen LogP contribution in [0.5, 0.6) is 17.2 Å². The predicted molar refractivity (Wildman–Crippen MR) is 106 cm³/mol.